The molecule has 1 fully saturated rings. The van der Waals surface area contributed by atoms with Gasteiger partial charge in [-0.05, 0) is 63.1 Å². The minimum absolute atomic E-state index is 0.0608. The summed E-state index contributed by atoms with van der Waals surface area (Å²) in [5.74, 6) is 0.248. The molecule has 30 heavy (non-hydrogen) atoms. The van der Waals surface area contributed by atoms with Gasteiger partial charge >= 0.3 is 5.63 Å². The smallest absolute Gasteiger partial charge is 0.339 e. The fourth-order valence-electron chi connectivity index (χ4n) is 4.62. The van der Waals surface area contributed by atoms with Crippen molar-refractivity contribution < 1.29 is 18.7 Å². The fourth-order valence-corrected chi connectivity index (χ4v) is 4.62. The predicted molar refractivity (Wildman–Crippen MR) is 113 cm³/mol. The van der Waals surface area contributed by atoms with Crippen LogP contribution in [0.3, 0.4) is 0 Å². The summed E-state index contributed by atoms with van der Waals surface area (Å²) in [6, 6.07) is 3.34. The van der Waals surface area contributed by atoms with Crippen molar-refractivity contribution in [2.24, 2.45) is 0 Å². The number of nitrogens with zero attached hydrogens (tertiary/aromatic N) is 2. The van der Waals surface area contributed by atoms with Crippen molar-refractivity contribution in [1.82, 2.24) is 9.80 Å². The number of carbonyl (C=O) groups excluding carboxylic acids is 2. The lowest BCUT2D eigenvalue weighted by Gasteiger charge is -2.26. The standard InChI is InChI=1S/C23H28N2O5/c1-14-19(29-13-20(26)25-12-6-9-18(25)22(27)24(2)3)11-10-16-15-7-4-5-8-17(15)23(28)30-21(14)16/h10-11,18H,4-9,12-13H2,1-3H3/t18-/m0/s1. The Morgan fingerprint density at radius 3 is 2.63 bits per heavy atom. The number of amides is 2. The molecule has 1 aliphatic carbocycles. The van der Waals surface area contributed by atoms with Crippen molar-refractivity contribution in [3.8, 4) is 5.75 Å². The van der Waals surface area contributed by atoms with Crippen molar-refractivity contribution >= 4 is 22.8 Å². The number of hydrogen-bond acceptors (Lipinski definition) is 5. The molecule has 2 amide bonds. The Labute approximate surface area is 175 Å². The van der Waals surface area contributed by atoms with E-state index in [1.54, 1.807) is 19.0 Å². The molecule has 0 N–H and O–H groups in total. The molecule has 160 valence electrons. The van der Waals surface area contributed by atoms with E-state index >= 15 is 0 Å². The summed E-state index contributed by atoms with van der Waals surface area (Å²) in [6.45, 7) is 2.25. The van der Waals surface area contributed by atoms with Gasteiger partial charge in [-0.2, -0.15) is 0 Å². The van der Waals surface area contributed by atoms with Gasteiger partial charge in [0.05, 0.1) is 0 Å². The minimum Gasteiger partial charge on any atom is -0.483 e. The number of ether oxygens (including phenoxy) is 1. The first-order valence-corrected chi connectivity index (χ1v) is 10.6. The second kappa shape index (κ2) is 8.13. The van der Waals surface area contributed by atoms with Crippen molar-refractivity contribution in [3.05, 3.63) is 39.2 Å². The van der Waals surface area contributed by atoms with Crippen LogP contribution in [0.1, 0.15) is 42.4 Å². The topological polar surface area (TPSA) is 80.1 Å². The molecule has 0 bridgehead atoms. The molecule has 1 aromatic carbocycles. The van der Waals surface area contributed by atoms with Gasteiger partial charge in [0.15, 0.2) is 6.61 Å². The number of hydrogen-bond donors (Lipinski definition) is 0. The normalized spacial score (nSPS) is 18.4. The van der Waals surface area contributed by atoms with E-state index in [-0.39, 0.29) is 24.0 Å². The molecule has 4 rings (SSSR count). The maximum absolute atomic E-state index is 12.7. The lowest BCUT2D eigenvalue weighted by molar-refractivity contribution is -0.143. The highest BCUT2D eigenvalue weighted by molar-refractivity contribution is 5.89. The fraction of sp³-hybridized carbons (Fsp3) is 0.522. The summed E-state index contributed by atoms with van der Waals surface area (Å²) in [7, 11) is 3.40. The van der Waals surface area contributed by atoms with Crippen molar-refractivity contribution in [2.45, 2.75) is 51.5 Å². The highest BCUT2D eigenvalue weighted by atomic mass is 16.5. The molecule has 0 unspecified atom stereocenters. The number of carbonyl (C=O) groups is 2. The Hall–Kier alpha value is -2.83. The lowest BCUT2D eigenvalue weighted by atomic mass is 9.90. The van der Waals surface area contributed by atoms with Gasteiger partial charge in [-0.3, -0.25) is 9.59 Å². The second-order valence-electron chi connectivity index (χ2n) is 8.39. The van der Waals surface area contributed by atoms with E-state index in [0.29, 0.717) is 29.9 Å². The van der Waals surface area contributed by atoms with Gasteiger partial charge in [-0.1, -0.05) is 0 Å². The average Bonchev–Trinajstić information content (AvgIpc) is 3.23. The lowest BCUT2D eigenvalue weighted by Crippen LogP contribution is -2.47. The molecular weight excluding hydrogens is 384 g/mol. The Morgan fingerprint density at radius 1 is 1.17 bits per heavy atom. The molecule has 7 nitrogen and oxygen atoms in total. The average molecular weight is 412 g/mol. The second-order valence-corrected chi connectivity index (χ2v) is 8.39. The summed E-state index contributed by atoms with van der Waals surface area (Å²) in [5, 5.41) is 0.955. The monoisotopic (exact) mass is 412 g/mol. The maximum Gasteiger partial charge on any atom is 0.339 e. The third-order valence-corrected chi connectivity index (χ3v) is 6.24. The van der Waals surface area contributed by atoms with Crippen LogP contribution in [0.2, 0.25) is 0 Å². The summed E-state index contributed by atoms with van der Waals surface area (Å²) in [4.78, 5) is 40.6. The molecule has 1 aliphatic heterocycles. The van der Waals surface area contributed by atoms with E-state index in [0.717, 1.165) is 48.6 Å². The first kappa shape index (κ1) is 20.4. The molecule has 7 heteroatoms. The Kier molecular flexibility index (Phi) is 5.54. The Bertz CT molecular complexity index is 1060. The van der Waals surface area contributed by atoms with E-state index in [1.807, 2.05) is 19.1 Å². The van der Waals surface area contributed by atoms with Crippen LogP contribution in [0.4, 0.5) is 0 Å². The highest BCUT2D eigenvalue weighted by Crippen LogP contribution is 2.32. The van der Waals surface area contributed by atoms with Crippen LogP contribution in [-0.2, 0) is 22.4 Å². The zero-order chi connectivity index (χ0) is 21.4. The van der Waals surface area contributed by atoms with E-state index in [1.165, 1.54) is 4.90 Å². The molecule has 1 atom stereocenters. The molecular formula is C23H28N2O5. The molecule has 0 radical (unpaired) electrons. The quantitative estimate of drug-likeness (QED) is 0.721. The molecule has 0 saturated carbocycles. The number of likely N-dealkylation sites (tertiary alicyclic amines) is 1. The van der Waals surface area contributed by atoms with Crippen LogP contribution in [0.5, 0.6) is 5.75 Å². The predicted octanol–water partition coefficient (Wildman–Crippen LogP) is 2.44. The molecule has 0 spiro atoms. The number of likely N-dealkylation sites (N-methyl/N-ethyl adjacent to an activating group) is 1. The van der Waals surface area contributed by atoms with Crippen LogP contribution < -0.4 is 10.4 Å². The molecule has 1 aromatic heterocycles. The number of benzene rings is 1. The summed E-state index contributed by atoms with van der Waals surface area (Å²) < 4.78 is 11.4. The van der Waals surface area contributed by atoms with E-state index in [2.05, 4.69) is 0 Å². The first-order chi connectivity index (χ1) is 14.4. The van der Waals surface area contributed by atoms with E-state index in [9.17, 15) is 14.4 Å². The number of aryl methyl sites for hydroxylation is 2. The van der Waals surface area contributed by atoms with Crippen LogP contribution in [0, 0.1) is 6.92 Å². The summed E-state index contributed by atoms with van der Waals surface area (Å²) in [5.41, 5.74) is 2.86. The van der Waals surface area contributed by atoms with Crippen LogP contribution >= 0.6 is 0 Å². The van der Waals surface area contributed by atoms with E-state index < -0.39 is 6.04 Å². The van der Waals surface area contributed by atoms with Crippen molar-refractivity contribution in [1.29, 1.82) is 0 Å². The minimum atomic E-state index is -0.418. The van der Waals surface area contributed by atoms with Gasteiger partial charge in [0, 0.05) is 37.2 Å². The van der Waals surface area contributed by atoms with Crippen molar-refractivity contribution in [3.63, 3.8) is 0 Å². The first-order valence-electron chi connectivity index (χ1n) is 10.6. The van der Waals surface area contributed by atoms with Crippen LogP contribution in [0.15, 0.2) is 21.3 Å². The Morgan fingerprint density at radius 2 is 1.90 bits per heavy atom. The number of fused-ring (bicyclic) bond motifs is 3. The maximum atomic E-state index is 12.7. The summed E-state index contributed by atoms with van der Waals surface area (Å²) >= 11 is 0. The van der Waals surface area contributed by atoms with Gasteiger partial charge in [0.2, 0.25) is 5.91 Å². The van der Waals surface area contributed by atoms with Gasteiger partial charge in [-0.15, -0.1) is 0 Å². The third kappa shape index (κ3) is 3.57. The largest absolute Gasteiger partial charge is 0.483 e. The third-order valence-electron chi connectivity index (χ3n) is 6.24. The SMILES string of the molecule is Cc1c(OCC(=O)N2CCC[C@H]2C(=O)N(C)C)ccc2c3c(c(=O)oc12)CCCC3. The van der Waals surface area contributed by atoms with Crippen molar-refractivity contribution in [2.75, 3.05) is 27.2 Å². The zero-order valence-electron chi connectivity index (χ0n) is 17.8. The van der Waals surface area contributed by atoms with Crippen LogP contribution in [0.25, 0.3) is 11.0 Å². The Balaban J connectivity index is 1.55. The molecule has 2 aliphatic rings. The van der Waals surface area contributed by atoms with Gasteiger partial charge < -0.3 is 19.0 Å². The summed E-state index contributed by atoms with van der Waals surface area (Å²) in [6.07, 6.45) is 5.21. The van der Waals surface area contributed by atoms with Gasteiger partial charge in [0.25, 0.3) is 5.91 Å². The van der Waals surface area contributed by atoms with Gasteiger partial charge in [-0.25, -0.2) is 4.79 Å². The van der Waals surface area contributed by atoms with E-state index in [4.69, 9.17) is 9.15 Å². The van der Waals surface area contributed by atoms with Gasteiger partial charge in [0.1, 0.15) is 17.4 Å². The number of rotatable bonds is 4. The van der Waals surface area contributed by atoms with Crippen LogP contribution in [-0.4, -0.2) is 54.9 Å². The molecule has 2 aromatic rings. The molecule has 1 saturated heterocycles. The zero-order valence-corrected chi connectivity index (χ0v) is 17.8. The highest BCUT2D eigenvalue weighted by Gasteiger charge is 2.35. The molecule has 2 heterocycles.